The molecule has 3 nitrogen and oxygen atoms in total. The SMILES string of the molecule is CCCNC(c1nc(C(C)C)cs1)C1CCOCC1. The first kappa shape index (κ1) is 14.9. The van der Waals surface area contributed by atoms with Crippen molar-refractivity contribution in [3.63, 3.8) is 0 Å². The minimum atomic E-state index is 0.418. The van der Waals surface area contributed by atoms with Crippen LogP contribution >= 0.6 is 11.3 Å². The summed E-state index contributed by atoms with van der Waals surface area (Å²) in [6.45, 7) is 9.51. The van der Waals surface area contributed by atoms with Gasteiger partial charge in [0, 0.05) is 18.6 Å². The number of nitrogens with one attached hydrogen (secondary N) is 1. The largest absolute Gasteiger partial charge is 0.381 e. The molecule has 1 unspecified atom stereocenters. The second-order valence-corrected chi connectivity index (χ2v) is 6.54. The normalized spacial score (nSPS) is 18.9. The molecule has 1 N–H and O–H groups in total. The Balaban J connectivity index is 2.10. The summed E-state index contributed by atoms with van der Waals surface area (Å²) in [5.41, 5.74) is 1.23. The maximum Gasteiger partial charge on any atom is 0.110 e. The maximum absolute atomic E-state index is 5.49. The third-order valence-corrected chi connectivity index (χ3v) is 4.69. The van der Waals surface area contributed by atoms with Crippen LogP contribution in [-0.2, 0) is 4.74 Å². The van der Waals surface area contributed by atoms with Crippen molar-refractivity contribution in [2.45, 2.75) is 52.0 Å². The molecule has 0 bridgehead atoms. The van der Waals surface area contributed by atoms with Crippen LogP contribution in [0.1, 0.15) is 62.7 Å². The Bertz CT molecular complexity index is 372. The Hall–Kier alpha value is -0.450. The van der Waals surface area contributed by atoms with E-state index in [2.05, 4.69) is 31.5 Å². The van der Waals surface area contributed by atoms with Crippen LogP contribution in [0.15, 0.2) is 5.38 Å². The van der Waals surface area contributed by atoms with Crippen molar-refractivity contribution in [3.8, 4) is 0 Å². The fourth-order valence-electron chi connectivity index (χ4n) is 2.51. The molecule has 2 heterocycles. The van der Waals surface area contributed by atoms with E-state index in [1.807, 2.05) is 11.3 Å². The predicted molar refractivity (Wildman–Crippen MR) is 80.8 cm³/mol. The summed E-state index contributed by atoms with van der Waals surface area (Å²) in [5.74, 6) is 1.19. The average Bonchev–Trinajstić information content (AvgIpc) is 2.90. The van der Waals surface area contributed by atoms with Crippen LogP contribution in [0.3, 0.4) is 0 Å². The van der Waals surface area contributed by atoms with E-state index in [1.54, 1.807) is 0 Å². The van der Waals surface area contributed by atoms with Gasteiger partial charge in [0.2, 0.25) is 0 Å². The van der Waals surface area contributed by atoms with E-state index in [9.17, 15) is 0 Å². The lowest BCUT2D eigenvalue weighted by molar-refractivity contribution is 0.0535. The smallest absolute Gasteiger partial charge is 0.110 e. The highest BCUT2D eigenvalue weighted by Gasteiger charge is 2.27. The molecule has 1 aliphatic heterocycles. The lowest BCUT2D eigenvalue weighted by Crippen LogP contribution is -2.32. The summed E-state index contributed by atoms with van der Waals surface area (Å²) in [5, 5.41) is 7.19. The van der Waals surface area contributed by atoms with Gasteiger partial charge >= 0.3 is 0 Å². The summed E-state index contributed by atoms with van der Waals surface area (Å²) in [6.07, 6.45) is 3.47. The van der Waals surface area contributed by atoms with Crippen LogP contribution in [0.25, 0.3) is 0 Å². The van der Waals surface area contributed by atoms with Crippen LogP contribution in [0.2, 0.25) is 0 Å². The number of thiazole rings is 1. The second-order valence-electron chi connectivity index (χ2n) is 5.65. The van der Waals surface area contributed by atoms with Gasteiger partial charge in [-0.2, -0.15) is 0 Å². The molecule has 1 saturated heterocycles. The van der Waals surface area contributed by atoms with Crippen LogP contribution < -0.4 is 5.32 Å². The van der Waals surface area contributed by atoms with Crippen molar-refractivity contribution in [3.05, 3.63) is 16.1 Å². The molecular weight excluding hydrogens is 256 g/mol. The highest BCUT2D eigenvalue weighted by Crippen LogP contribution is 2.32. The zero-order chi connectivity index (χ0) is 13.7. The summed E-state index contributed by atoms with van der Waals surface area (Å²) in [6, 6.07) is 0.418. The third-order valence-electron chi connectivity index (χ3n) is 3.75. The minimum absolute atomic E-state index is 0.418. The lowest BCUT2D eigenvalue weighted by atomic mass is 9.92. The van der Waals surface area contributed by atoms with E-state index in [0.29, 0.717) is 17.9 Å². The highest BCUT2D eigenvalue weighted by molar-refractivity contribution is 7.09. The third kappa shape index (κ3) is 4.01. The number of aromatic nitrogens is 1. The second kappa shape index (κ2) is 7.36. The van der Waals surface area contributed by atoms with Crippen LogP contribution in [0.4, 0.5) is 0 Å². The van der Waals surface area contributed by atoms with Crippen molar-refractivity contribution in [2.24, 2.45) is 5.92 Å². The molecule has 1 aliphatic rings. The number of nitrogens with zero attached hydrogens (tertiary/aromatic N) is 1. The first-order valence-electron chi connectivity index (χ1n) is 7.48. The molecule has 0 amide bonds. The topological polar surface area (TPSA) is 34.2 Å². The molecule has 0 spiro atoms. The Morgan fingerprint density at radius 2 is 2.16 bits per heavy atom. The lowest BCUT2D eigenvalue weighted by Gasteiger charge is -2.29. The zero-order valence-corrected chi connectivity index (χ0v) is 13.1. The Labute approximate surface area is 120 Å². The molecule has 1 fully saturated rings. The van der Waals surface area contributed by atoms with Gasteiger partial charge in [0.25, 0.3) is 0 Å². The summed E-state index contributed by atoms with van der Waals surface area (Å²) < 4.78 is 5.49. The molecular formula is C15H26N2OS. The molecule has 0 aliphatic carbocycles. The van der Waals surface area contributed by atoms with Crippen molar-refractivity contribution in [1.82, 2.24) is 10.3 Å². The van der Waals surface area contributed by atoms with Gasteiger partial charge < -0.3 is 10.1 Å². The Morgan fingerprint density at radius 1 is 1.42 bits per heavy atom. The molecule has 0 radical (unpaired) electrons. The molecule has 0 aromatic carbocycles. The van der Waals surface area contributed by atoms with Gasteiger partial charge in [0.15, 0.2) is 0 Å². The van der Waals surface area contributed by atoms with E-state index in [1.165, 1.54) is 17.1 Å². The number of ether oxygens (including phenoxy) is 1. The first-order valence-corrected chi connectivity index (χ1v) is 8.36. The van der Waals surface area contributed by atoms with Gasteiger partial charge in [-0.25, -0.2) is 4.98 Å². The van der Waals surface area contributed by atoms with E-state index < -0.39 is 0 Å². The Kier molecular flexibility index (Phi) is 5.79. The van der Waals surface area contributed by atoms with Gasteiger partial charge in [-0.1, -0.05) is 20.8 Å². The zero-order valence-electron chi connectivity index (χ0n) is 12.3. The number of rotatable bonds is 6. The monoisotopic (exact) mass is 282 g/mol. The molecule has 2 rings (SSSR count). The number of hydrogen-bond acceptors (Lipinski definition) is 4. The van der Waals surface area contributed by atoms with Crippen LogP contribution in [-0.4, -0.2) is 24.7 Å². The van der Waals surface area contributed by atoms with Gasteiger partial charge in [0.05, 0.1) is 11.7 Å². The molecule has 108 valence electrons. The minimum Gasteiger partial charge on any atom is -0.381 e. The van der Waals surface area contributed by atoms with E-state index >= 15 is 0 Å². The molecule has 1 aromatic rings. The molecule has 19 heavy (non-hydrogen) atoms. The highest BCUT2D eigenvalue weighted by atomic mass is 32.1. The van der Waals surface area contributed by atoms with Gasteiger partial charge in [-0.15, -0.1) is 11.3 Å². The quantitative estimate of drug-likeness (QED) is 0.863. The van der Waals surface area contributed by atoms with Crippen LogP contribution in [0, 0.1) is 5.92 Å². The Morgan fingerprint density at radius 3 is 2.74 bits per heavy atom. The molecule has 1 atom stereocenters. The predicted octanol–water partition coefficient (Wildman–Crippen LogP) is 3.73. The van der Waals surface area contributed by atoms with Gasteiger partial charge in [-0.3, -0.25) is 0 Å². The van der Waals surface area contributed by atoms with Crippen molar-refractivity contribution in [1.29, 1.82) is 0 Å². The number of hydrogen-bond donors (Lipinski definition) is 1. The standard InChI is InChI=1S/C15H26N2OS/c1-4-7-16-14(12-5-8-18-9-6-12)15-17-13(10-19-15)11(2)3/h10-12,14,16H,4-9H2,1-3H3. The van der Waals surface area contributed by atoms with Crippen molar-refractivity contribution >= 4 is 11.3 Å². The van der Waals surface area contributed by atoms with Gasteiger partial charge in [-0.05, 0) is 37.6 Å². The van der Waals surface area contributed by atoms with E-state index in [4.69, 9.17) is 9.72 Å². The van der Waals surface area contributed by atoms with Crippen molar-refractivity contribution in [2.75, 3.05) is 19.8 Å². The summed E-state index contributed by atoms with van der Waals surface area (Å²) >= 11 is 1.82. The van der Waals surface area contributed by atoms with E-state index in [0.717, 1.165) is 32.6 Å². The van der Waals surface area contributed by atoms with Gasteiger partial charge in [0.1, 0.15) is 5.01 Å². The van der Waals surface area contributed by atoms with Crippen molar-refractivity contribution < 1.29 is 4.74 Å². The first-order chi connectivity index (χ1) is 9.22. The summed E-state index contributed by atoms with van der Waals surface area (Å²) in [7, 11) is 0. The fraction of sp³-hybridized carbons (Fsp3) is 0.800. The fourth-order valence-corrected chi connectivity index (χ4v) is 3.66. The molecule has 0 saturated carbocycles. The molecule has 1 aromatic heterocycles. The van der Waals surface area contributed by atoms with Crippen LogP contribution in [0.5, 0.6) is 0 Å². The maximum atomic E-state index is 5.49. The average molecular weight is 282 g/mol. The molecule has 4 heteroatoms. The van der Waals surface area contributed by atoms with E-state index in [-0.39, 0.29) is 0 Å². The summed E-state index contributed by atoms with van der Waals surface area (Å²) in [4.78, 5) is 4.85.